The Hall–Kier alpha value is -1.87. The van der Waals surface area contributed by atoms with E-state index in [-0.39, 0.29) is 25.1 Å². The van der Waals surface area contributed by atoms with Crippen LogP contribution in [0.2, 0.25) is 0 Å². The minimum Gasteiger partial charge on any atom is -0.465 e. The minimum atomic E-state index is -3.82. The fourth-order valence-corrected chi connectivity index (χ4v) is 6.03. The van der Waals surface area contributed by atoms with Gasteiger partial charge < -0.3 is 15.1 Å². The number of piperidine rings is 1. The molecule has 2 fully saturated rings. The molecule has 1 amide bonds. The molecular formula is C15H19FN2O5S. The van der Waals surface area contributed by atoms with E-state index in [1.54, 1.807) is 6.92 Å². The number of likely N-dealkylation sites (tertiary alicyclic amines) is 1. The molecule has 2 heterocycles. The predicted octanol–water partition coefficient (Wildman–Crippen LogP) is 1.24. The molecule has 2 N–H and O–H groups in total. The average molecular weight is 358 g/mol. The monoisotopic (exact) mass is 358 g/mol. The smallest absolute Gasteiger partial charge is 0.407 e. The van der Waals surface area contributed by atoms with E-state index < -0.39 is 45.4 Å². The van der Waals surface area contributed by atoms with Gasteiger partial charge in [0.15, 0.2) is 0 Å². The molecule has 132 valence electrons. The van der Waals surface area contributed by atoms with E-state index in [0.29, 0.717) is 0 Å². The van der Waals surface area contributed by atoms with E-state index in [4.69, 9.17) is 0 Å². The summed E-state index contributed by atoms with van der Waals surface area (Å²) >= 11 is 0. The van der Waals surface area contributed by atoms with Crippen molar-refractivity contribution in [3.05, 3.63) is 30.1 Å². The summed E-state index contributed by atoms with van der Waals surface area (Å²) in [6.45, 7) is 1.78. The fourth-order valence-electron chi connectivity index (χ4n) is 3.89. The zero-order valence-electron chi connectivity index (χ0n) is 13.1. The summed E-state index contributed by atoms with van der Waals surface area (Å²) in [6.07, 6.45) is -1.94. The number of anilines is 1. The largest absolute Gasteiger partial charge is 0.465 e. The molecule has 7 nitrogen and oxygen atoms in total. The number of hydrogen-bond acceptors (Lipinski definition) is 4. The molecule has 2 saturated heterocycles. The van der Waals surface area contributed by atoms with Gasteiger partial charge in [0, 0.05) is 12.6 Å². The van der Waals surface area contributed by atoms with Crippen molar-refractivity contribution in [2.24, 2.45) is 0 Å². The van der Waals surface area contributed by atoms with Gasteiger partial charge in [0.05, 0.1) is 23.1 Å². The Labute approximate surface area is 139 Å². The van der Waals surface area contributed by atoms with Crippen LogP contribution in [-0.4, -0.2) is 59.6 Å². The molecule has 1 aromatic carbocycles. The number of halogens is 1. The van der Waals surface area contributed by atoms with Crippen LogP contribution in [0.4, 0.5) is 14.9 Å². The van der Waals surface area contributed by atoms with Crippen LogP contribution in [-0.2, 0) is 10.0 Å². The number of carbonyl (C=O) groups is 1. The lowest BCUT2D eigenvalue weighted by Crippen LogP contribution is -2.61. The number of benzene rings is 1. The highest BCUT2D eigenvalue weighted by Gasteiger charge is 2.58. The summed E-state index contributed by atoms with van der Waals surface area (Å²) in [7, 11) is -3.82. The molecule has 24 heavy (non-hydrogen) atoms. The van der Waals surface area contributed by atoms with Crippen LogP contribution in [0.1, 0.15) is 19.8 Å². The summed E-state index contributed by atoms with van der Waals surface area (Å²) in [4.78, 5) is 12.5. The Bertz CT molecular complexity index is 771. The Morgan fingerprint density at radius 1 is 1.42 bits per heavy atom. The highest BCUT2D eigenvalue weighted by molar-refractivity contribution is 7.93. The maximum atomic E-state index is 13.6. The van der Waals surface area contributed by atoms with Crippen molar-refractivity contribution >= 4 is 21.8 Å². The van der Waals surface area contributed by atoms with Gasteiger partial charge in [-0.25, -0.2) is 17.6 Å². The zero-order valence-corrected chi connectivity index (χ0v) is 13.9. The average Bonchev–Trinajstić information content (AvgIpc) is 2.64. The zero-order chi connectivity index (χ0) is 17.7. The van der Waals surface area contributed by atoms with E-state index in [0.717, 1.165) is 10.4 Å². The Kier molecular flexibility index (Phi) is 3.95. The van der Waals surface area contributed by atoms with Crippen LogP contribution >= 0.6 is 0 Å². The maximum Gasteiger partial charge on any atom is 0.407 e. The van der Waals surface area contributed by atoms with Crippen molar-refractivity contribution in [3.8, 4) is 0 Å². The van der Waals surface area contributed by atoms with Crippen LogP contribution in [0.15, 0.2) is 24.3 Å². The van der Waals surface area contributed by atoms with Gasteiger partial charge in [0.25, 0.3) is 0 Å². The lowest BCUT2D eigenvalue weighted by atomic mass is 9.79. The number of sulfonamides is 1. The van der Waals surface area contributed by atoms with Crippen LogP contribution < -0.4 is 4.31 Å². The summed E-state index contributed by atoms with van der Waals surface area (Å²) in [5.74, 6) is -1.03. The van der Waals surface area contributed by atoms with Gasteiger partial charge in [-0.3, -0.25) is 4.31 Å². The summed E-state index contributed by atoms with van der Waals surface area (Å²) in [5.41, 5.74) is -1.000. The molecule has 2 aliphatic heterocycles. The molecule has 1 spiro atoms. The number of carboxylic acid groups (broad SMARTS) is 1. The minimum absolute atomic E-state index is 0.106. The molecule has 9 heteroatoms. The summed E-state index contributed by atoms with van der Waals surface area (Å²) < 4.78 is 39.9. The SMILES string of the molecule is C[C@H]1C[C@]2(CCN1C(=O)O)C(O)CS(=O)(=O)N2c1cccc(F)c1. The highest BCUT2D eigenvalue weighted by Crippen LogP contribution is 2.45. The number of nitrogens with zero attached hydrogens (tertiary/aromatic N) is 2. The number of rotatable bonds is 1. The lowest BCUT2D eigenvalue weighted by molar-refractivity contribution is 0.0373. The van der Waals surface area contributed by atoms with Crippen molar-refractivity contribution in [2.45, 2.75) is 37.5 Å². The van der Waals surface area contributed by atoms with Gasteiger partial charge >= 0.3 is 6.09 Å². The normalized spacial score (nSPS) is 32.3. The topological polar surface area (TPSA) is 98.1 Å². The third-order valence-corrected chi connectivity index (χ3v) is 6.79. The first-order chi connectivity index (χ1) is 11.2. The predicted molar refractivity (Wildman–Crippen MR) is 84.8 cm³/mol. The number of amides is 1. The molecule has 2 aliphatic rings. The van der Waals surface area contributed by atoms with Crippen molar-refractivity contribution in [2.75, 3.05) is 16.6 Å². The molecule has 0 bridgehead atoms. The molecule has 0 aliphatic carbocycles. The molecule has 0 saturated carbocycles. The summed E-state index contributed by atoms with van der Waals surface area (Å²) in [5, 5.41) is 19.7. The number of aliphatic hydroxyl groups is 1. The second-order valence-electron chi connectivity index (χ2n) is 6.42. The van der Waals surface area contributed by atoms with E-state index in [1.807, 2.05) is 0 Å². The van der Waals surface area contributed by atoms with Gasteiger partial charge in [-0.2, -0.15) is 0 Å². The van der Waals surface area contributed by atoms with Crippen LogP contribution in [0.5, 0.6) is 0 Å². The van der Waals surface area contributed by atoms with Gasteiger partial charge in [0.2, 0.25) is 10.0 Å². The first-order valence-electron chi connectivity index (χ1n) is 7.64. The molecule has 1 aromatic rings. The third kappa shape index (κ3) is 2.51. The standard InChI is InChI=1S/C15H19FN2O5S/c1-10-8-15(5-6-17(10)14(20)21)13(19)9-24(22,23)18(15)12-4-2-3-11(16)7-12/h2-4,7,10,13,19H,5-6,8-9H2,1H3,(H,20,21)/t10-,13?,15+/m0/s1. The van der Waals surface area contributed by atoms with Crippen LogP contribution in [0, 0.1) is 5.82 Å². The maximum absolute atomic E-state index is 13.6. The third-order valence-electron chi connectivity index (χ3n) is 4.93. The Balaban J connectivity index is 2.06. The second-order valence-corrected chi connectivity index (χ2v) is 8.28. The van der Waals surface area contributed by atoms with Gasteiger partial charge in [-0.1, -0.05) is 6.07 Å². The first-order valence-corrected chi connectivity index (χ1v) is 9.24. The van der Waals surface area contributed by atoms with E-state index in [1.165, 1.54) is 23.1 Å². The quantitative estimate of drug-likeness (QED) is 0.787. The fraction of sp³-hybridized carbons (Fsp3) is 0.533. The van der Waals surface area contributed by atoms with E-state index >= 15 is 0 Å². The number of aliphatic hydroxyl groups excluding tert-OH is 1. The highest BCUT2D eigenvalue weighted by atomic mass is 32.2. The van der Waals surface area contributed by atoms with E-state index in [2.05, 4.69) is 0 Å². The molecule has 3 atom stereocenters. The van der Waals surface area contributed by atoms with Gasteiger partial charge in [-0.15, -0.1) is 0 Å². The Morgan fingerprint density at radius 3 is 2.71 bits per heavy atom. The summed E-state index contributed by atoms with van der Waals surface area (Å²) in [6, 6.07) is 4.76. The van der Waals surface area contributed by atoms with Crippen molar-refractivity contribution < 1.29 is 27.8 Å². The second kappa shape index (κ2) is 5.59. The molecule has 1 unspecified atom stereocenters. The Morgan fingerprint density at radius 2 is 2.12 bits per heavy atom. The van der Waals surface area contributed by atoms with E-state index in [9.17, 15) is 27.8 Å². The molecular weight excluding hydrogens is 339 g/mol. The van der Waals surface area contributed by atoms with Crippen molar-refractivity contribution in [1.29, 1.82) is 0 Å². The molecule has 0 radical (unpaired) electrons. The van der Waals surface area contributed by atoms with Crippen molar-refractivity contribution in [3.63, 3.8) is 0 Å². The van der Waals surface area contributed by atoms with Gasteiger partial charge in [0.1, 0.15) is 5.82 Å². The van der Waals surface area contributed by atoms with Crippen molar-refractivity contribution in [1.82, 2.24) is 4.90 Å². The van der Waals surface area contributed by atoms with Gasteiger partial charge in [-0.05, 0) is 38.0 Å². The first kappa shape index (κ1) is 17.0. The molecule has 0 aromatic heterocycles. The molecule has 3 rings (SSSR count). The van der Waals surface area contributed by atoms with Crippen LogP contribution in [0.3, 0.4) is 0 Å². The lowest BCUT2D eigenvalue weighted by Gasteiger charge is -2.48. The van der Waals surface area contributed by atoms with Crippen LogP contribution in [0.25, 0.3) is 0 Å². The number of hydrogen-bond donors (Lipinski definition) is 2.